The van der Waals surface area contributed by atoms with E-state index in [1.807, 2.05) is 6.92 Å². The van der Waals surface area contributed by atoms with Crippen LogP contribution in [0, 0.1) is 18.7 Å². The third-order valence-corrected chi connectivity index (χ3v) is 4.80. The summed E-state index contributed by atoms with van der Waals surface area (Å²) in [5.74, 6) is 0.374. The van der Waals surface area contributed by atoms with Crippen LogP contribution in [0.3, 0.4) is 0 Å². The number of halogens is 3. The molecule has 1 heterocycles. The fourth-order valence-electron chi connectivity index (χ4n) is 3.41. The molecular formula is C16H25Cl2FN2O. The minimum atomic E-state index is -0.261. The standard InChI is InChI=1S/C16H23FN2O.2ClH/c1-11-5-6-13(17)14(16(11)20)15(12-3-2-4-12)19-9-7-18-8-10-19;;/h5-6,12,15,18,20H,2-4,7-10H2,1H3;2*1H/t15-;;/m0../s1. The Labute approximate surface area is 144 Å². The largest absolute Gasteiger partial charge is 0.507 e. The molecule has 0 bridgehead atoms. The van der Waals surface area contributed by atoms with Gasteiger partial charge in [0.05, 0.1) is 0 Å². The smallest absolute Gasteiger partial charge is 0.131 e. The van der Waals surface area contributed by atoms with Crippen LogP contribution in [0.15, 0.2) is 12.1 Å². The molecule has 0 amide bonds. The molecule has 0 aromatic heterocycles. The summed E-state index contributed by atoms with van der Waals surface area (Å²) in [5.41, 5.74) is 1.29. The number of aryl methyl sites for hydroxylation is 1. The Hall–Kier alpha value is -0.550. The fourth-order valence-corrected chi connectivity index (χ4v) is 3.41. The highest BCUT2D eigenvalue weighted by molar-refractivity contribution is 5.85. The molecule has 22 heavy (non-hydrogen) atoms. The van der Waals surface area contributed by atoms with E-state index in [9.17, 15) is 9.50 Å². The average Bonchev–Trinajstić information content (AvgIpc) is 2.41. The zero-order valence-electron chi connectivity index (χ0n) is 12.8. The van der Waals surface area contributed by atoms with Gasteiger partial charge < -0.3 is 10.4 Å². The van der Waals surface area contributed by atoms with Crippen LogP contribution in [0.2, 0.25) is 0 Å². The molecule has 1 saturated heterocycles. The van der Waals surface area contributed by atoms with Crippen LogP contribution in [0.25, 0.3) is 0 Å². The first kappa shape index (κ1) is 19.5. The Morgan fingerprint density at radius 1 is 1.23 bits per heavy atom. The summed E-state index contributed by atoms with van der Waals surface area (Å²) in [4.78, 5) is 2.35. The summed E-state index contributed by atoms with van der Waals surface area (Å²) >= 11 is 0. The maximum Gasteiger partial charge on any atom is 0.131 e. The number of nitrogens with one attached hydrogen (secondary N) is 1. The minimum Gasteiger partial charge on any atom is -0.507 e. The van der Waals surface area contributed by atoms with Crippen LogP contribution in [-0.4, -0.2) is 36.2 Å². The maximum atomic E-state index is 14.4. The van der Waals surface area contributed by atoms with E-state index in [1.54, 1.807) is 6.07 Å². The lowest BCUT2D eigenvalue weighted by atomic mass is 9.75. The molecule has 1 atom stereocenters. The molecule has 1 aromatic rings. The van der Waals surface area contributed by atoms with Crippen LogP contribution in [0.4, 0.5) is 4.39 Å². The Bertz CT molecular complexity index is 491. The van der Waals surface area contributed by atoms with Crippen molar-refractivity contribution in [1.82, 2.24) is 10.2 Å². The molecule has 2 aliphatic rings. The lowest BCUT2D eigenvalue weighted by Crippen LogP contribution is -2.48. The number of nitrogens with zero attached hydrogens (tertiary/aromatic N) is 1. The number of rotatable bonds is 3. The van der Waals surface area contributed by atoms with Crippen molar-refractivity contribution in [3.05, 3.63) is 29.1 Å². The number of piperazine rings is 1. The SMILES string of the molecule is Cc1ccc(F)c([C@H](C2CCC2)N2CCNCC2)c1O.Cl.Cl. The van der Waals surface area contributed by atoms with Gasteiger partial charge in [-0.25, -0.2) is 4.39 Å². The average molecular weight is 351 g/mol. The van der Waals surface area contributed by atoms with Crippen molar-refractivity contribution in [1.29, 1.82) is 0 Å². The van der Waals surface area contributed by atoms with Gasteiger partial charge in [-0.15, -0.1) is 24.8 Å². The van der Waals surface area contributed by atoms with Gasteiger partial charge in [-0.2, -0.15) is 0 Å². The van der Waals surface area contributed by atoms with Crippen molar-refractivity contribution in [3.63, 3.8) is 0 Å². The highest BCUT2D eigenvalue weighted by Crippen LogP contribution is 2.45. The number of hydrogen-bond acceptors (Lipinski definition) is 3. The van der Waals surface area contributed by atoms with Crippen molar-refractivity contribution in [2.45, 2.75) is 32.2 Å². The van der Waals surface area contributed by atoms with Gasteiger partial charge in [0.25, 0.3) is 0 Å². The maximum absolute atomic E-state index is 14.4. The lowest BCUT2D eigenvalue weighted by Gasteiger charge is -2.43. The molecule has 1 saturated carbocycles. The number of hydrogen-bond donors (Lipinski definition) is 2. The summed E-state index contributed by atoms with van der Waals surface area (Å²) in [5, 5.41) is 13.7. The van der Waals surface area contributed by atoms with Crippen molar-refractivity contribution in [2.75, 3.05) is 26.2 Å². The summed E-state index contributed by atoms with van der Waals surface area (Å²) in [6, 6.07) is 3.19. The van der Waals surface area contributed by atoms with E-state index in [4.69, 9.17) is 0 Å². The summed E-state index contributed by atoms with van der Waals surface area (Å²) in [6.45, 7) is 5.57. The molecule has 1 aromatic carbocycles. The second kappa shape index (κ2) is 8.34. The van der Waals surface area contributed by atoms with Crippen molar-refractivity contribution < 1.29 is 9.50 Å². The van der Waals surface area contributed by atoms with Gasteiger partial charge in [-0.05, 0) is 37.3 Å². The molecule has 0 spiro atoms. The highest BCUT2D eigenvalue weighted by Gasteiger charge is 2.36. The Morgan fingerprint density at radius 2 is 1.86 bits per heavy atom. The topological polar surface area (TPSA) is 35.5 Å². The predicted octanol–water partition coefficient (Wildman–Crippen LogP) is 3.43. The molecule has 3 nitrogen and oxygen atoms in total. The van der Waals surface area contributed by atoms with Crippen LogP contribution < -0.4 is 5.32 Å². The van der Waals surface area contributed by atoms with Gasteiger partial charge in [0.2, 0.25) is 0 Å². The van der Waals surface area contributed by atoms with Gasteiger partial charge in [-0.3, -0.25) is 4.90 Å². The third kappa shape index (κ3) is 3.67. The van der Waals surface area contributed by atoms with Crippen LogP contribution in [0.1, 0.15) is 36.4 Å². The first-order valence-electron chi connectivity index (χ1n) is 7.61. The quantitative estimate of drug-likeness (QED) is 0.876. The van der Waals surface area contributed by atoms with Gasteiger partial charge in [0.1, 0.15) is 11.6 Å². The minimum absolute atomic E-state index is 0. The molecular weight excluding hydrogens is 326 g/mol. The molecule has 0 unspecified atom stereocenters. The summed E-state index contributed by atoms with van der Waals surface area (Å²) in [7, 11) is 0. The first-order chi connectivity index (χ1) is 9.68. The van der Waals surface area contributed by atoms with E-state index < -0.39 is 0 Å². The van der Waals surface area contributed by atoms with Gasteiger partial charge >= 0.3 is 0 Å². The molecule has 2 fully saturated rings. The molecule has 6 heteroatoms. The van der Waals surface area contributed by atoms with Crippen molar-refractivity contribution in [2.24, 2.45) is 5.92 Å². The molecule has 1 aliphatic carbocycles. The molecule has 2 N–H and O–H groups in total. The fraction of sp³-hybridized carbons (Fsp3) is 0.625. The summed E-state index contributed by atoms with van der Waals surface area (Å²) < 4.78 is 14.4. The third-order valence-electron chi connectivity index (χ3n) is 4.80. The zero-order valence-corrected chi connectivity index (χ0v) is 14.5. The lowest BCUT2D eigenvalue weighted by molar-refractivity contribution is 0.0792. The van der Waals surface area contributed by atoms with E-state index in [1.165, 1.54) is 12.5 Å². The Balaban J connectivity index is 0.00000121. The monoisotopic (exact) mass is 350 g/mol. The first-order valence-corrected chi connectivity index (χ1v) is 7.61. The number of phenolic OH excluding ortho intramolecular Hbond substituents is 1. The van der Waals surface area contributed by atoms with Crippen molar-refractivity contribution >= 4 is 24.8 Å². The van der Waals surface area contributed by atoms with E-state index in [-0.39, 0.29) is 42.4 Å². The summed E-state index contributed by atoms with van der Waals surface area (Å²) in [6.07, 6.45) is 3.50. The number of phenols is 1. The van der Waals surface area contributed by atoms with E-state index in [2.05, 4.69) is 10.2 Å². The zero-order chi connectivity index (χ0) is 14.1. The van der Waals surface area contributed by atoms with E-state index in [0.29, 0.717) is 11.5 Å². The second-order valence-corrected chi connectivity index (χ2v) is 6.05. The second-order valence-electron chi connectivity index (χ2n) is 6.05. The highest BCUT2D eigenvalue weighted by atomic mass is 35.5. The number of benzene rings is 1. The normalized spacial score (nSPS) is 20.5. The van der Waals surface area contributed by atoms with E-state index in [0.717, 1.165) is 44.6 Å². The molecule has 126 valence electrons. The van der Waals surface area contributed by atoms with Crippen LogP contribution in [0.5, 0.6) is 5.75 Å². The van der Waals surface area contributed by atoms with Gasteiger partial charge in [-0.1, -0.05) is 12.5 Å². The van der Waals surface area contributed by atoms with Crippen molar-refractivity contribution in [3.8, 4) is 5.75 Å². The van der Waals surface area contributed by atoms with Gasteiger partial charge in [0, 0.05) is 37.8 Å². The van der Waals surface area contributed by atoms with E-state index >= 15 is 0 Å². The molecule has 3 rings (SSSR count). The van der Waals surface area contributed by atoms with Crippen LogP contribution >= 0.6 is 24.8 Å². The van der Waals surface area contributed by atoms with Gasteiger partial charge in [0.15, 0.2) is 0 Å². The Kier molecular flexibility index (Phi) is 7.39. The van der Waals surface area contributed by atoms with Crippen LogP contribution in [-0.2, 0) is 0 Å². The molecule has 1 aliphatic heterocycles. The predicted molar refractivity (Wildman–Crippen MR) is 91.8 cm³/mol. The Morgan fingerprint density at radius 3 is 2.41 bits per heavy atom. The molecule has 0 radical (unpaired) electrons. The number of aromatic hydroxyl groups is 1.